The standard InChI is InChI=1S/C27H32N6O.2H2/c1-17-7-6-8-18(2)24(17)21-15-19(3)25-23(16-21)31-32-27(30-25)29-22-11-9-20(10-12-22)26(34)28-13-14-33(4)5;;/h6-12,15-16,31H,13-14H2,1-5H3,(H,28,34)(H2,29,30,32);2*1H. The normalized spacial score (nSPS) is 12.4. The monoisotopic (exact) mass is 460 g/mol. The molecule has 1 amide bonds. The Hall–Kier alpha value is -3.84. The zero-order valence-electron chi connectivity index (χ0n) is 20.4. The summed E-state index contributed by atoms with van der Waals surface area (Å²) in [6, 6.07) is 18.0. The molecule has 0 atom stereocenters. The van der Waals surface area contributed by atoms with E-state index in [4.69, 9.17) is 4.99 Å². The summed E-state index contributed by atoms with van der Waals surface area (Å²) in [7, 11) is 3.96. The number of aliphatic imine (C=N–C) groups is 1. The maximum atomic E-state index is 12.3. The Balaban J connectivity index is 0.00000228. The Bertz CT molecular complexity index is 1220. The molecule has 180 valence electrons. The van der Waals surface area contributed by atoms with Crippen LogP contribution in [0.1, 0.15) is 29.9 Å². The molecule has 0 radical (unpaired) electrons. The van der Waals surface area contributed by atoms with Crippen molar-refractivity contribution in [2.75, 3.05) is 37.9 Å². The zero-order chi connectivity index (χ0) is 24.2. The molecule has 0 spiro atoms. The van der Waals surface area contributed by atoms with E-state index in [9.17, 15) is 4.79 Å². The van der Waals surface area contributed by atoms with E-state index in [2.05, 4.69) is 72.6 Å². The van der Waals surface area contributed by atoms with E-state index < -0.39 is 0 Å². The SMILES string of the molecule is Cc1cc(-c2c(C)cccc2C)cc2c1N=C(Nc1ccc(C(=O)NCCN(C)C)cc1)NN2.[HH].[HH]. The lowest BCUT2D eigenvalue weighted by Crippen LogP contribution is -2.37. The number of hydrogen-bond donors (Lipinski definition) is 4. The molecule has 0 aromatic heterocycles. The first-order valence-electron chi connectivity index (χ1n) is 11.4. The highest BCUT2D eigenvalue weighted by Crippen LogP contribution is 2.37. The first-order chi connectivity index (χ1) is 16.3. The quantitative estimate of drug-likeness (QED) is 0.412. The van der Waals surface area contributed by atoms with Crippen molar-refractivity contribution >= 4 is 28.9 Å². The van der Waals surface area contributed by atoms with Gasteiger partial charge in [0.25, 0.3) is 5.91 Å². The van der Waals surface area contributed by atoms with Gasteiger partial charge in [-0.2, -0.15) is 0 Å². The molecule has 3 aromatic carbocycles. The summed E-state index contributed by atoms with van der Waals surface area (Å²) in [6.07, 6.45) is 0. The van der Waals surface area contributed by atoms with Crippen molar-refractivity contribution in [3.05, 3.63) is 76.9 Å². The van der Waals surface area contributed by atoms with E-state index in [1.807, 2.05) is 31.1 Å². The summed E-state index contributed by atoms with van der Waals surface area (Å²) in [5, 5.41) is 6.20. The number of benzene rings is 3. The molecule has 1 heterocycles. The van der Waals surface area contributed by atoms with E-state index in [1.54, 1.807) is 12.1 Å². The first-order valence-corrected chi connectivity index (χ1v) is 11.4. The van der Waals surface area contributed by atoms with Crippen LogP contribution >= 0.6 is 0 Å². The van der Waals surface area contributed by atoms with Gasteiger partial charge in [-0.05, 0) is 99.1 Å². The van der Waals surface area contributed by atoms with Gasteiger partial charge in [0.1, 0.15) is 0 Å². The van der Waals surface area contributed by atoms with Crippen LogP contribution in [0.25, 0.3) is 11.1 Å². The molecule has 0 aliphatic carbocycles. The summed E-state index contributed by atoms with van der Waals surface area (Å²) in [5.74, 6) is 0.519. The van der Waals surface area contributed by atoms with Gasteiger partial charge in [0.05, 0.1) is 11.4 Å². The minimum absolute atomic E-state index is 0. The highest BCUT2D eigenvalue weighted by molar-refractivity contribution is 6.01. The third-order valence-electron chi connectivity index (χ3n) is 5.86. The number of likely N-dealkylation sites (N-methyl/N-ethyl adjacent to an activating group) is 1. The van der Waals surface area contributed by atoms with Crippen LogP contribution in [-0.4, -0.2) is 44.0 Å². The minimum Gasteiger partial charge on any atom is -0.351 e. The van der Waals surface area contributed by atoms with Gasteiger partial charge in [0.2, 0.25) is 5.96 Å². The number of anilines is 2. The summed E-state index contributed by atoms with van der Waals surface area (Å²) in [6.45, 7) is 7.77. The van der Waals surface area contributed by atoms with Crippen molar-refractivity contribution in [1.82, 2.24) is 15.6 Å². The number of fused-ring (bicyclic) bond motifs is 1. The van der Waals surface area contributed by atoms with Crippen molar-refractivity contribution in [3.8, 4) is 11.1 Å². The van der Waals surface area contributed by atoms with E-state index in [0.29, 0.717) is 18.1 Å². The van der Waals surface area contributed by atoms with E-state index in [0.717, 1.165) is 29.2 Å². The topological polar surface area (TPSA) is 80.8 Å². The number of carbonyl (C=O) groups excluding carboxylic acids is 1. The molecular formula is C27H36N6O. The average molecular weight is 461 g/mol. The Morgan fingerprint density at radius 2 is 1.68 bits per heavy atom. The number of amides is 1. The molecule has 3 aromatic rings. The Labute approximate surface area is 204 Å². The fourth-order valence-electron chi connectivity index (χ4n) is 4.10. The predicted molar refractivity (Wildman–Crippen MR) is 145 cm³/mol. The fourth-order valence-corrected chi connectivity index (χ4v) is 4.10. The molecule has 0 unspecified atom stereocenters. The van der Waals surface area contributed by atoms with Gasteiger partial charge in [-0.3, -0.25) is 15.6 Å². The smallest absolute Gasteiger partial charge is 0.251 e. The second-order valence-corrected chi connectivity index (χ2v) is 8.93. The number of carbonyl (C=O) groups is 1. The third-order valence-corrected chi connectivity index (χ3v) is 5.86. The van der Waals surface area contributed by atoms with Crippen molar-refractivity contribution in [2.45, 2.75) is 20.8 Å². The van der Waals surface area contributed by atoms with Gasteiger partial charge in [-0.1, -0.05) is 18.2 Å². The molecular weight excluding hydrogens is 424 g/mol. The van der Waals surface area contributed by atoms with Crippen molar-refractivity contribution in [2.24, 2.45) is 4.99 Å². The first kappa shape index (κ1) is 23.3. The lowest BCUT2D eigenvalue weighted by molar-refractivity contribution is 0.0951. The molecule has 0 bridgehead atoms. The number of hydrazine groups is 1. The number of aryl methyl sites for hydroxylation is 3. The molecule has 0 saturated heterocycles. The fraction of sp³-hybridized carbons (Fsp3) is 0.259. The molecule has 1 aliphatic rings. The van der Waals surface area contributed by atoms with E-state index in [1.165, 1.54) is 22.3 Å². The lowest BCUT2D eigenvalue weighted by atomic mass is 9.93. The summed E-state index contributed by atoms with van der Waals surface area (Å²) in [5.41, 5.74) is 15.7. The lowest BCUT2D eigenvalue weighted by Gasteiger charge is -2.23. The Morgan fingerprint density at radius 3 is 2.35 bits per heavy atom. The largest absolute Gasteiger partial charge is 0.351 e. The minimum atomic E-state index is -0.0764. The van der Waals surface area contributed by atoms with Crippen LogP contribution in [-0.2, 0) is 0 Å². The highest BCUT2D eigenvalue weighted by Gasteiger charge is 2.17. The summed E-state index contributed by atoms with van der Waals surface area (Å²) >= 11 is 0. The maximum absolute atomic E-state index is 12.3. The van der Waals surface area contributed by atoms with Crippen LogP contribution < -0.4 is 21.5 Å². The predicted octanol–water partition coefficient (Wildman–Crippen LogP) is 5.09. The van der Waals surface area contributed by atoms with Crippen LogP contribution in [0.3, 0.4) is 0 Å². The molecule has 1 aliphatic heterocycles. The van der Waals surface area contributed by atoms with Crippen molar-refractivity contribution in [1.29, 1.82) is 0 Å². The van der Waals surface area contributed by atoms with Gasteiger partial charge < -0.3 is 15.5 Å². The van der Waals surface area contributed by atoms with Crippen molar-refractivity contribution in [3.63, 3.8) is 0 Å². The summed E-state index contributed by atoms with van der Waals surface area (Å²) in [4.78, 5) is 19.1. The molecule has 4 rings (SSSR count). The number of guanidine groups is 1. The molecule has 7 heteroatoms. The van der Waals surface area contributed by atoms with Gasteiger partial charge in [-0.25, -0.2) is 4.99 Å². The van der Waals surface area contributed by atoms with Crippen molar-refractivity contribution < 1.29 is 7.65 Å². The molecule has 4 N–H and O–H groups in total. The third kappa shape index (κ3) is 5.21. The van der Waals surface area contributed by atoms with Gasteiger partial charge >= 0.3 is 0 Å². The molecule has 0 fully saturated rings. The second-order valence-electron chi connectivity index (χ2n) is 8.93. The van der Waals surface area contributed by atoms with Gasteiger partial charge in [-0.15, -0.1) is 0 Å². The van der Waals surface area contributed by atoms with Crippen LogP contribution in [0.2, 0.25) is 0 Å². The number of nitrogens with zero attached hydrogens (tertiary/aromatic N) is 2. The van der Waals surface area contributed by atoms with Crippen LogP contribution in [0, 0.1) is 20.8 Å². The Kier molecular flexibility index (Phi) is 6.84. The molecule has 34 heavy (non-hydrogen) atoms. The van der Waals surface area contributed by atoms with Crippen LogP contribution in [0.15, 0.2) is 59.6 Å². The van der Waals surface area contributed by atoms with Gasteiger partial charge in [0, 0.05) is 27.2 Å². The van der Waals surface area contributed by atoms with Crippen LogP contribution in [0.5, 0.6) is 0 Å². The Morgan fingerprint density at radius 1 is 0.971 bits per heavy atom. The summed E-state index contributed by atoms with van der Waals surface area (Å²) < 4.78 is 0. The van der Waals surface area contributed by atoms with Crippen LogP contribution in [0.4, 0.5) is 17.1 Å². The highest BCUT2D eigenvalue weighted by atomic mass is 16.1. The molecule has 0 saturated carbocycles. The number of hydrogen-bond acceptors (Lipinski definition) is 6. The van der Waals surface area contributed by atoms with E-state index >= 15 is 0 Å². The average Bonchev–Trinajstić information content (AvgIpc) is 2.79. The second kappa shape index (κ2) is 9.97. The zero-order valence-corrected chi connectivity index (χ0v) is 20.4. The molecule has 7 nitrogen and oxygen atoms in total. The number of nitrogens with one attached hydrogen (secondary N) is 4. The van der Waals surface area contributed by atoms with E-state index in [-0.39, 0.29) is 8.76 Å². The van der Waals surface area contributed by atoms with Gasteiger partial charge in [0.15, 0.2) is 0 Å². The number of rotatable bonds is 6. The maximum Gasteiger partial charge on any atom is 0.251 e.